The van der Waals surface area contributed by atoms with E-state index in [2.05, 4.69) is 29.3 Å². The van der Waals surface area contributed by atoms with Crippen LogP contribution in [0.15, 0.2) is 24.3 Å². The lowest BCUT2D eigenvalue weighted by Crippen LogP contribution is -2.49. The van der Waals surface area contributed by atoms with E-state index in [-0.39, 0.29) is 0 Å². The second-order valence-corrected chi connectivity index (χ2v) is 4.75. The first-order valence-electron chi connectivity index (χ1n) is 6.36. The average Bonchev–Trinajstić information content (AvgIpc) is 2.37. The van der Waals surface area contributed by atoms with Crippen molar-refractivity contribution in [1.82, 2.24) is 10.2 Å². The largest absolute Gasteiger partial charge is 0.497 e. The molecule has 17 heavy (non-hydrogen) atoms. The summed E-state index contributed by atoms with van der Waals surface area (Å²) in [5, 5.41) is 3.47. The van der Waals surface area contributed by atoms with Gasteiger partial charge in [0.2, 0.25) is 0 Å². The van der Waals surface area contributed by atoms with Gasteiger partial charge < -0.3 is 15.0 Å². The summed E-state index contributed by atoms with van der Waals surface area (Å²) in [6.07, 6.45) is 1.12. The number of benzene rings is 1. The van der Waals surface area contributed by atoms with Gasteiger partial charge in [-0.2, -0.15) is 0 Å². The van der Waals surface area contributed by atoms with Gasteiger partial charge in [-0.25, -0.2) is 0 Å². The Hall–Kier alpha value is -1.06. The number of piperazine rings is 1. The highest BCUT2D eigenvalue weighted by Gasteiger charge is 2.14. The van der Waals surface area contributed by atoms with E-state index in [4.69, 9.17) is 4.74 Å². The van der Waals surface area contributed by atoms with Crippen molar-refractivity contribution < 1.29 is 4.74 Å². The summed E-state index contributed by atoms with van der Waals surface area (Å²) in [5.74, 6) is 0.935. The normalized spacial score (nSPS) is 21.4. The van der Waals surface area contributed by atoms with E-state index in [0.29, 0.717) is 6.04 Å². The minimum Gasteiger partial charge on any atom is -0.497 e. The van der Waals surface area contributed by atoms with E-state index in [0.717, 1.165) is 31.8 Å². The number of rotatable bonds is 4. The predicted octanol–water partition coefficient (Wildman–Crippen LogP) is 1.53. The quantitative estimate of drug-likeness (QED) is 0.855. The second-order valence-electron chi connectivity index (χ2n) is 4.75. The first-order chi connectivity index (χ1) is 8.28. The molecule has 1 aliphatic rings. The Morgan fingerprint density at radius 2 is 2.12 bits per heavy atom. The molecule has 0 spiro atoms. The Kier molecular flexibility index (Phi) is 4.40. The molecule has 0 aliphatic carbocycles. The monoisotopic (exact) mass is 234 g/mol. The van der Waals surface area contributed by atoms with Crippen LogP contribution in [-0.4, -0.2) is 44.2 Å². The molecule has 1 saturated heterocycles. The van der Waals surface area contributed by atoms with Gasteiger partial charge in [-0.15, -0.1) is 0 Å². The van der Waals surface area contributed by atoms with E-state index < -0.39 is 0 Å². The van der Waals surface area contributed by atoms with E-state index in [1.54, 1.807) is 7.11 Å². The Morgan fingerprint density at radius 1 is 1.35 bits per heavy atom. The van der Waals surface area contributed by atoms with Crippen LogP contribution in [0.1, 0.15) is 12.5 Å². The van der Waals surface area contributed by atoms with E-state index >= 15 is 0 Å². The van der Waals surface area contributed by atoms with Crippen molar-refractivity contribution in [2.24, 2.45) is 0 Å². The van der Waals surface area contributed by atoms with Gasteiger partial charge in [0, 0.05) is 32.2 Å². The molecular weight excluding hydrogens is 212 g/mol. The second kappa shape index (κ2) is 6.03. The third-order valence-corrected chi connectivity index (χ3v) is 3.33. The summed E-state index contributed by atoms with van der Waals surface area (Å²) in [4.78, 5) is 2.53. The van der Waals surface area contributed by atoms with Crippen LogP contribution in [0.25, 0.3) is 0 Å². The summed E-state index contributed by atoms with van der Waals surface area (Å²) >= 11 is 0. The van der Waals surface area contributed by atoms with Gasteiger partial charge in [0.1, 0.15) is 5.75 Å². The smallest absolute Gasteiger partial charge is 0.118 e. The number of nitrogens with one attached hydrogen (secondary N) is 1. The SMILES string of the molecule is COc1ccc(CCN2CCN[C@H](C)C2)cc1. The van der Waals surface area contributed by atoms with Gasteiger partial charge in [-0.3, -0.25) is 0 Å². The molecule has 94 valence electrons. The van der Waals surface area contributed by atoms with E-state index in [1.807, 2.05) is 12.1 Å². The fraction of sp³-hybridized carbons (Fsp3) is 0.571. The van der Waals surface area contributed by atoms with Gasteiger partial charge in [-0.05, 0) is 31.0 Å². The maximum absolute atomic E-state index is 5.16. The maximum atomic E-state index is 5.16. The molecule has 2 rings (SSSR count). The van der Waals surface area contributed by atoms with Crippen LogP contribution in [0.5, 0.6) is 5.75 Å². The number of hydrogen-bond acceptors (Lipinski definition) is 3. The van der Waals surface area contributed by atoms with Gasteiger partial charge in [0.05, 0.1) is 7.11 Å². The van der Waals surface area contributed by atoms with E-state index in [9.17, 15) is 0 Å². The molecule has 3 heteroatoms. The van der Waals surface area contributed by atoms with Crippen LogP contribution in [0.4, 0.5) is 0 Å². The molecule has 0 amide bonds. The highest BCUT2D eigenvalue weighted by molar-refractivity contribution is 5.27. The molecule has 0 unspecified atom stereocenters. The third-order valence-electron chi connectivity index (χ3n) is 3.33. The summed E-state index contributed by atoms with van der Waals surface area (Å²) in [6, 6.07) is 9.01. The lowest BCUT2D eigenvalue weighted by atomic mass is 10.1. The fourth-order valence-corrected chi connectivity index (χ4v) is 2.29. The lowest BCUT2D eigenvalue weighted by molar-refractivity contribution is 0.209. The molecule has 1 heterocycles. The molecule has 1 aromatic rings. The number of methoxy groups -OCH3 is 1. The molecule has 3 nitrogen and oxygen atoms in total. The standard InChI is InChI=1S/C14H22N2O/c1-12-11-16(10-8-15-12)9-7-13-3-5-14(17-2)6-4-13/h3-6,12,15H,7-11H2,1-2H3/t12-/m1/s1. The molecular formula is C14H22N2O. The zero-order valence-corrected chi connectivity index (χ0v) is 10.8. The Labute approximate surface area is 104 Å². The zero-order valence-electron chi connectivity index (χ0n) is 10.8. The van der Waals surface area contributed by atoms with Crippen LogP contribution < -0.4 is 10.1 Å². The van der Waals surface area contributed by atoms with Crippen molar-refractivity contribution in [3.05, 3.63) is 29.8 Å². The zero-order chi connectivity index (χ0) is 12.1. The molecule has 1 aliphatic heterocycles. The summed E-state index contributed by atoms with van der Waals surface area (Å²) in [7, 11) is 1.71. The Morgan fingerprint density at radius 3 is 2.76 bits per heavy atom. The van der Waals surface area contributed by atoms with Gasteiger partial charge in [-0.1, -0.05) is 12.1 Å². The topological polar surface area (TPSA) is 24.5 Å². The minimum atomic E-state index is 0.625. The van der Waals surface area contributed by atoms with Crippen LogP contribution in [0.2, 0.25) is 0 Å². The van der Waals surface area contributed by atoms with Gasteiger partial charge >= 0.3 is 0 Å². The van der Waals surface area contributed by atoms with Crippen LogP contribution >= 0.6 is 0 Å². The van der Waals surface area contributed by atoms with Crippen LogP contribution in [0, 0.1) is 0 Å². The van der Waals surface area contributed by atoms with Crippen molar-refractivity contribution in [3.8, 4) is 5.75 Å². The third kappa shape index (κ3) is 3.72. The van der Waals surface area contributed by atoms with Crippen molar-refractivity contribution >= 4 is 0 Å². The number of ether oxygens (including phenoxy) is 1. The molecule has 1 atom stereocenters. The molecule has 1 aromatic carbocycles. The van der Waals surface area contributed by atoms with Gasteiger partial charge in [0.15, 0.2) is 0 Å². The van der Waals surface area contributed by atoms with Gasteiger partial charge in [0.25, 0.3) is 0 Å². The molecule has 0 aromatic heterocycles. The molecule has 1 fully saturated rings. The first kappa shape index (κ1) is 12.4. The van der Waals surface area contributed by atoms with Crippen molar-refractivity contribution in [2.75, 3.05) is 33.3 Å². The number of nitrogens with zero attached hydrogens (tertiary/aromatic N) is 1. The van der Waals surface area contributed by atoms with E-state index in [1.165, 1.54) is 12.1 Å². The average molecular weight is 234 g/mol. The lowest BCUT2D eigenvalue weighted by Gasteiger charge is -2.31. The minimum absolute atomic E-state index is 0.625. The van der Waals surface area contributed by atoms with Crippen LogP contribution in [-0.2, 0) is 6.42 Å². The van der Waals surface area contributed by atoms with Crippen LogP contribution in [0.3, 0.4) is 0 Å². The van der Waals surface area contributed by atoms with Crippen molar-refractivity contribution in [2.45, 2.75) is 19.4 Å². The van der Waals surface area contributed by atoms with Crippen molar-refractivity contribution in [1.29, 1.82) is 0 Å². The summed E-state index contributed by atoms with van der Waals surface area (Å²) in [5.41, 5.74) is 1.39. The predicted molar refractivity (Wildman–Crippen MR) is 70.6 cm³/mol. The molecule has 1 N–H and O–H groups in total. The summed E-state index contributed by atoms with van der Waals surface area (Å²) in [6.45, 7) is 6.85. The maximum Gasteiger partial charge on any atom is 0.118 e. The molecule has 0 radical (unpaired) electrons. The fourth-order valence-electron chi connectivity index (χ4n) is 2.29. The molecule has 0 bridgehead atoms. The molecule has 0 saturated carbocycles. The summed E-state index contributed by atoms with van der Waals surface area (Å²) < 4.78 is 5.16. The highest BCUT2D eigenvalue weighted by Crippen LogP contribution is 2.12. The Bertz CT molecular complexity index is 337. The first-order valence-corrected chi connectivity index (χ1v) is 6.36. The number of hydrogen-bond donors (Lipinski definition) is 1. The highest BCUT2D eigenvalue weighted by atomic mass is 16.5. The Balaban J connectivity index is 1.80. The van der Waals surface area contributed by atoms with Crippen molar-refractivity contribution in [3.63, 3.8) is 0 Å².